The molecule has 1 fully saturated rings. The average molecular weight is 577 g/mol. The van der Waals surface area contributed by atoms with Crippen molar-refractivity contribution in [2.45, 2.75) is 58.5 Å². The number of carbonyl (C=O) groups excluding carboxylic acids is 1. The predicted octanol–water partition coefficient (Wildman–Crippen LogP) is 2.44. The van der Waals surface area contributed by atoms with Crippen molar-refractivity contribution in [3.8, 4) is 17.7 Å². The number of hydrogen-bond acceptors (Lipinski definition) is 8. The van der Waals surface area contributed by atoms with E-state index >= 15 is 0 Å². The first-order chi connectivity index (χ1) is 17.4. The minimum absolute atomic E-state index is 0.124. The second kappa shape index (κ2) is 10.3. The normalized spacial score (nSPS) is 19.9. The third-order valence-electron chi connectivity index (χ3n) is 6.37. The van der Waals surface area contributed by atoms with Gasteiger partial charge in [0.05, 0.1) is 6.54 Å². The lowest BCUT2D eigenvalue weighted by molar-refractivity contribution is 0.0456. The van der Waals surface area contributed by atoms with E-state index in [1.165, 1.54) is 4.57 Å². The molecule has 11 nitrogen and oxygen atoms in total. The third-order valence-corrected chi connectivity index (χ3v) is 6.79. The molecule has 2 aliphatic heterocycles. The monoisotopic (exact) mass is 576 g/mol. The molecule has 1 N–H and O–H groups in total. The summed E-state index contributed by atoms with van der Waals surface area (Å²) in [4.78, 5) is 45.6. The van der Waals surface area contributed by atoms with Gasteiger partial charge in [0.1, 0.15) is 17.1 Å². The highest BCUT2D eigenvalue weighted by Gasteiger charge is 2.43. The first-order valence-electron chi connectivity index (χ1n) is 12.2. The summed E-state index contributed by atoms with van der Waals surface area (Å²) in [5.74, 6) is 6.63. The lowest BCUT2D eigenvalue weighted by Crippen LogP contribution is -2.60. The number of ether oxygens (including phenoxy) is 1. The van der Waals surface area contributed by atoms with Gasteiger partial charge in [0.15, 0.2) is 11.0 Å². The highest BCUT2D eigenvalue weighted by atomic mass is 79.9. The molecular weight excluding hydrogens is 544 g/mol. The van der Waals surface area contributed by atoms with E-state index in [0.717, 1.165) is 24.0 Å². The Bertz CT molecular complexity index is 1360. The maximum Gasteiger partial charge on any atom is 0.407 e. The Morgan fingerprint density at radius 2 is 2.00 bits per heavy atom. The molecule has 0 radical (unpaired) electrons. The number of furan rings is 1. The molecule has 0 bridgehead atoms. The van der Waals surface area contributed by atoms with E-state index in [0.29, 0.717) is 22.7 Å². The first-order valence-corrected chi connectivity index (χ1v) is 13.0. The number of piperidine rings is 1. The van der Waals surface area contributed by atoms with Crippen molar-refractivity contribution in [2.75, 3.05) is 36.5 Å². The standard InChI is InChI=1S/C25H33BrN6O5/c1-7-8-14-31-19-20(29(6)24(35)32(21(19)33)18-12-11-17(26)36-18)28(5)23(31)30-13-9-10-16(15-30)27-22(34)37-25(2,3)4/h11-12,16,23H,9-10,13-15H2,1-6H3,(H,27,34)/t16-,23?/m1/s1. The summed E-state index contributed by atoms with van der Waals surface area (Å²) in [5, 5.41) is 2.98. The number of carbonyl (C=O) groups is 1. The summed E-state index contributed by atoms with van der Waals surface area (Å²) in [5.41, 5.74) is -1.21. The van der Waals surface area contributed by atoms with E-state index in [9.17, 15) is 14.4 Å². The van der Waals surface area contributed by atoms with Crippen LogP contribution in [0.2, 0.25) is 0 Å². The van der Waals surface area contributed by atoms with E-state index in [2.05, 4.69) is 38.0 Å². The summed E-state index contributed by atoms with van der Waals surface area (Å²) in [6.45, 7) is 8.82. The molecule has 37 heavy (non-hydrogen) atoms. The minimum Gasteiger partial charge on any atom is -0.444 e. The fourth-order valence-electron chi connectivity index (χ4n) is 4.97. The van der Waals surface area contributed by atoms with Gasteiger partial charge in [-0.3, -0.25) is 14.3 Å². The van der Waals surface area contributed by atoms with Crippen molar-refractivity contribution in [1.82, 2.24) is 19.4 Å². The lowest BCUT2D eigenvalue weighted by Gasteiger charge is -2.42. The van der Waals surface area contributed by atoms with Gasteiger partial charge in [0.25, 0.3) is 5.56 Å². The van der Waals surface area contributed by atoms with Crippen molar-refractivity contribution < 1.29 is 13.9 Å². The molecule has 12 heteroatoms. The van der Waals surface area contributed by atoms with Gasteiger partial charge in [0.2, 0.25) is 5.88 Å². The SMILES string of the molecule is CC#CCN1c2c(n(C)c(=O)n(-c3ccc(Br)o3)c2=O)N(C)C1N1CCC[C@@H](NC(=O)OC(C)(C)C)C1. The van der Waals surface area contributed by atoms with Gasteiger partial charge in [-0.15, -0.1) is 5.92 Å². The van der Waals surface area contributed by atoms with Gasteiger partial charge in [-0.2, -0.15) is 4.57 Å². The van der Waals surface area contributed by atoms with Gasteiger partial charge < -0.3 is 24.3 Å². The maximum absolute atomic E-state index is 13.8. The minimum atomic E-state index is -0.588. The number of alkyl carbamates (subject to hydrolysis) is 1. The molecular formula is C25H33BrN6O5. The second-order valence-corrected chi connectivity index (χ2v) is 11.0. The number of fused-ring (bicyclic) bond motifs is 1. The number of rotatable bonds is 4. The zero-order chi connectivity index (χ0) is 27.1. The van der Waals surface area contributed by atoms with Crippen molar-refractivity contribution in [1.29, 1.82) is 0 Å². The number of nitrogens with zero attached hydrogens (tertiary/aromatic N) is 5. The maximum atomic E-state index is 13.8. The van der Waals surface area contributed by atoms with Gasteiger partial charge in [-0.05, 0) is 62.5 Å². The van der Waals surface area contributed by atoms with Crippen LogP contribution in [0.15, 0.2) is 30.8 Å². The molecule has 2 aromatic heterocycles. The quantitative estimate of drug-likeness (QED) is 0.553. The smallest absolute Gasteiger partial charge is 0.407 e. The van der Waals surface area contributed by atoms with Crippen molar-refractivity contribution >= 4 is 33.5 Å². The predicted molar refractivity (Wildman–Crippen MR) is 144 cm³/mol. The molecule has 1 saturated heterocycles. The van der Waals surface area contributed by atoms with E-state index in [-0.39, 0.29) is 24.8 Å². The molecule has 200 valence electrons. The Morgan fingerprint density at radius 3 is 2.62 bits per heavy atom. The number of nitrogens with one attached hydrogen (secondary N) is 1. The zero-order valence-electron chi connectivity index (χ0n) is 22.0. The van der Waals surface area contributed by atoms with E-state index in [4.69, 9.17) is 9.15 Å². The van der Waals surface area contributed by atoms with Crippen LogP contribution >= 0.6 is 15.9 Å². The Morgan fingerprint density at radius 1 is 1.27 bits per heavy atom. The number of aromatic nitrogens is 2. The van der Waals surface area contributed by atoms with Crippen LogP contribution in [0.1, 0.15) is 40.5 Å². The van der Waals surface area contributed by atoms with Gasteiger partial charge >= 0.3 is 11.8 Å². The van der Waals surface area contributed by atoms with E-state index < -0.39 is 22.9 Å². The number of amides is 1. The zero-order valence-corrected chi connectivity index (χ0v) is 23.6. The fourth-order valence-corrected chi connectivity index (χ4v) is 5.27. The first kappa shape index (κ1) is 26.9. The molecule has 1 unspecified atom stereocenters. The summed E-state index contributed by atoms with van der Waals surface area (Å²) < 4.78 is 13.9. The van der Waals surface area contributed by atoms with Gasteiger partial charge in [-0.25, -0.2) is 9.59 Å². The Kier molecular flexibility index (Phi) is 7.48. The van der Waals surface area contributed by atoms with E-state index in [1.54, 1.807) is 26.1 Å². The van der Waals surface area contributed by atoms with Gasteiger partial charge in [-0.1, -0.05) is 5.92 Å². The van der Waals surface area contributed by atoms with E-state index in [1.807, 2.05) is 37.6 Å². The van der Waals surface area contributed by atoms with Crippen LogP contribution in [0.5, 0.6) is 0 Å². The van der Waals surface area contributed by atoms with Crippen LogP contribution in [0.25, 0.3) is 5.88 Å². The van der Waals surface area contributed by atoms with Gasteiger partial charge in [0, 0.05) is 39.3 Å². The van der Waals surface area contributed by atoms with Crippen molar-refractivity contribution in [3.05, 3.63) is 37.6 Å². The Balaban J connectivity index is 1.71. The van der Waals surface area contributed by atoms with Crippen LogP contribution in [-0.4, -0.2) is 64.7 Å². The summed E-state index contributed by atoms with van der Waals surface area (Å²) in [6, 6.07) is 3.08. The molecule has 1 amide bonds. The van der Waals surface area contributed by atoms with Crippen molar-refractivity contribution in [3.63, 3.8) is 0 Å². The lowest BCUT2D eigenvalue weighted by atomic mass is 10.1. The Hall–Kier alpha value is -3.17. The number of anilines is 2. The molecule has 4 heterocycles. The largest absolute Gasteiger partial charge is 0.444 e. The Labute approximate surface area is 224 Å². The molecule has 2 aromatic rings. The van der Waals surface area contributed by atoms with Crippen molar-refractivity contribution in [2.24, 2.45) is 7.05 Å². The summed E-state index contributed by atoms with van der Waals surface area (Å²) >= 11 is 3.24. The molecule has 4 rings (SSSR count). The molecule has 2 aliphatic rings. The number of hydrogen-bond donors (Lipinski definition) is 1. The second-order valence-electron chi connectivity index (χ2n) is 10.2. The number of halogens is 1. The van der Waals surface area contributed by atoms with Crippen LogP contribution in [0.3, 0.4) is 0 Å². The van der Waals surface area contributed by atoms with Crippen LogP contribution in [0, 0.1) is 11.8 Å². The molecule has 0 aliphatic carbocycles. The highest BCUT2D eigenvalue weighted by molar-refractivity contribution is 9.10. The molecule has 0 aromatic carbocycles. The summed E-state index contributed by atoms with van der Waals surface area (Å²) in [7, 11) is 3.50. The van der Waals surface area contributed by atoms with Crippen LogP contribution in [0.4, 0.5) is 16.3 Å². The number of likely N-dealkylation sites (tertiary alicyclic amines) is 1. The molecule has 0 spiro atoms. The fraction of sp³-hybridized carbons (Fsp3) is 0.560. The van der Waals surface area contributed by atoms with Crippen LogP contribution in [-0.2, 0) is 11.8 Å². The summed E-state index contributed by atoms with van der Waals surface area (Å²) in [6.07, 6.45) is 0.826. The third kappa shape index (κ3) is 5.29. The topological polar surface area (TPSA) is 105 Å². The average Bonchev–Trinajstić information content (AvgIpc) is 3.35. The molecule has 0 saturated carbocycles. The molecule has 2 atom stereocenters. The van der Waals surface area contributed by atoms with Crippen LogP contribution < -0.4 is 26.4 Å². The highest BCUT2D eigenvalue weighted by Crippen LogP contribution is 2.37.